The number of aromatic nitrogens is 2. The molecule has 2 rings (SSSR count). The molecule has 1 aliphatic heterocycles. The molecule has 1 aliphatic rings. The van der Waals surface area contributed by atoms with Crippen molar-refractivity contribution in [3.63, 3.8) is 0 Å². The van der Waals surface area contributed by atoms with Crippen molar-refractivity contribution in [2.75, 3.05) is 20.1 Å². The number of rotatable bonds is 5. The predicted molar refractivity (Wildman–Crippen MR) is 70.0 cm³/mol. The van der Waals surface area contributed by atoms with Crippen LogP contribution in [0.2, 0.25) is 0 Å². The van der Waals surface area contributed by atoms with Crippen molar-refractivity contribution in [2.45, 2.75) is 45.8 Å². The van der Waals surface area contributed by atoms with Crippen molar-refractivity contribution in [1.82, 2.24) is 20.0 Å². The van der Waals surface area contributed by atoms with Crippen LogP contribution in [0.4, 0.5) is 0 Å². The largest absolute Gasteiger partial charge is 0.313 e. The molecule has 1 N–H and O–H groups in total. The molecule has 1 fully saturated rings. The highest BCUT2D eigenvalue weighted by Gasteiger charge is 2.16. The van der Waals surface area contributed by atoms with Gasteiger partial charge in [-0.2, -0.15) is 5.10 Å². The molecule has 0 radical (unpaired) electrons. The molecule has 0 aliphatic carbocycles. The van der Waals surface area contributed by atoms with Crippen molar-refractivity contribution >= 4 is 0 Å². The van der Waals surface area contributed by atoms with Crippen molar-refractivity contribution in [2.24, 2.45) is 0 Å². The first kappa shape index (κ1) is 12.6. The van der Waals surface area contributed by atoms with Gasteiger partial charge in [-0.3, -0.25) is 4.68 Å². The maximum atomic E-state index is 4.39. The Morgan fingerprint density at radius 2 is 2.41 bits per heavy atom. The fraction of sp³-hybridized carbons (Fsp3) is 0.769. The molecule has 0 aromatic carbocycles. The molecule has 4 heteroatoms. The Hall–Kier alpha value is -0.870. The van der Waals surface area contributed by atoms with Crippen molar-refractivity contribution in [1.29, 1.82) is 0 Å². The Morgan fingerprint density at radius 1 is 1.59 bits per heavy atom. The van der Waals surface area contributed by atoms with Crippen LogP contribution in [0.25, 0.3) is 0 Å². The fourth-order valence-corrected chi connectivity index (χ4v) is 2.60. The summed E-state index contributed by atoms with van der Waals surface area (Å²) >= 11 is 0. The third-order valence-corrected chi connectivity index (χ3v) is 3.64. The number of hydrogen-bond donors (Lipinski definition) is 1. The Balaban J connectivity index is 1.88. The van der Waals surface area contributed by atoms with E-state index in [0.717, 1.165) is 19.6 Å². The van der Waals surface area contributed by atoms with Crippen molar-refractivity contribution in [3.8, 4) is 0 Å². The fourth-order valence-electron chi connectivity index (χ4n) is 2.60. The van der Waals surface area contributed by atoms with Gasteiger partial charge in [0.2, 0.25) is 0 Å². The van der Waals surface area contributed by atoms with Gasteiger partial charge in [-0.25, -0.2) is 0 Å². The molecule has 0 spiro atoms. The van der Waals surface area contributed by atoms with Crippen LogP contribution in [0.5, 0.6) is 0 Å². The van der Waals surface area contributed by atoms with E-state index in [1.165, 1.54) is 30.6 Å². The average molecular weight is 236 g/mol. The molecule has 0 bridgehead atoms. The van der Waals surface area contributed by atoms with Gasteiger partial charge in [-0.15, -0.1) is 0 Å². The molecule has 0 amide bonds. The first-order chi connectivity index (χ1) is 8.20. The van der Waals surface area contributed by atoms with Crippen LogP contribution in [0.1, 0.15) is 31.0 Å². The Bertz CT molecular complexity index is 352. The van der Waals surface area contributed by atoms with Crippen molar-refractivity contribution < 1.29 is 0 Å². The van der Waals surface area contributed by atoms with E-state index in [0.29, 0.717) is 6.04 Å². The third-order valence-electron chi connectivity index (χ3n) is 3.64. The average Bonchev–Trinajstić information content (AvgIpc) is 2.90. The van der Waals surface area contributed by atoms with Crippen LogP contribution < -0.4 is 5.32 Å². The number of nitrogens with zero attached hydrogens (tertiary/aromatic N) is 3. The molecule has 0 saturated carbocycles. The summed E-state index contributed by atoms with van der Waals surface area (Å²) in [5.74, 6) is 0. The molecular weight excluding hydrogens is 212 g/mol. The third kappa shape index (κ3) is 3.07. The predicted octanol–water partition coefficient (Wildman–Crippen LogP) is 1.40. The number of likely N-dealkylation sites (N-methyl/N-ethyl adjacent to an activating group) is 1. The number of nitrogens with one attached hydrogen (secondary N) is 1. The van der Waals surface area contributed by atoms with Gasteiger partial charge in [-0.05, 0) is 40.3 Å². The zero-order chi connectivity index (χ0) is 12.3. The van der Waals surface area contributed by atoms with Crippen molar-refractivity contribution in [3.05, 3.63) is 17.5 Å². The van der Waals surface area contributed by atoms with Gasteiger partial charge in [0, 0.05) is 36.9 Å². The minimum Gasteiger partial charge on any atom is -0.313 e. The van der Waals surface area contributed by atoms with Gasteiger partial charge in [0.05, 0.1) is 6.20 Å². The minimum absolute atomic E-state index is 0.682. The lowest BCUT2D eigenvalue weighted by molar-refractivity contribution is 0.292. The molecule has 4 nitrogen and oxygen atoms in total. The number of aryl methyl sites for hydroxylation is 1. The van der Waals surface area contributed by atoms with Gasteiger partial charge >= 0.3 is 0 Å². The van der Waals surface area contributed by atoms with Gasteiger partial charge in [0.25, 0.3) is 0 Å². The standard InChI is InChI=1S/C13H24N4/c1-4-17-11(2)12(8-15-17)9-16(3)10-13-6-5-7-14-13/h8,13-14H,4-7,9-10H2,1-3H3/t13-/m1/s1. The molecule has 1 saturated heterocycles. The lowest BCUT2D eigenvalue weighted by atomic mass is 10.2. The summed E-state index contributed by atoms with van der Waals surface area (Å²) in [5, 5.41) is 7.94. The molecule has 1 aromatic heterocycles. The normalized spacial score (nSPS) is 20.4. The quantitative estimate of drug-likeness (QED) is 0.839. The second-order valence-corrected chi connectivity index (χ2v) is 5.06. The molecule has 96 valence electrons. The highest BCUT2D eigenvalue weighted by molar-refractivity contribution is 5.15. The Kier molecular flexibility index (Phi) is 4.18. The van der Waals surface area contributed by atoms with E-state index < -0.39 is 0 Å². The number of hydrogen-bond acceptors (Lipinski definition) is 3. The summed E-state index contributed by atoms with van der Waals surface area (Å²) < 4.78 is 2.07. The lowest BCUT2D eigenvalue weighted by Gasteiger charge is -2.20. The highest BCUT2D eigenvalue weighted by atomic mass is 15.3. The molecular formula is C13H24N4. The smallest absolute Gasteiger partial charge is 0.0537 e. The van der Waals surface area contributed by atoms with Gasteiger partial charge < -0.3 is 10.2 Å². The summed E-state index contributed by atoms with van der Waals surface area (Å²) in [6.45, 7) is 8.58. The van der Waals surface area contributed by atoms with E-state index in [1.54, 1.807) is 0 Å². The van der Waals surface area contributed by atoms with Gasteiger partial charge in [0.15, 0.2) is 0 Å². The topological polar surface area (TPSA) is 33.1 Å². The van der Waals surface area contributed by atoms with Crippen LogP contribution >= 0.6 is 0 Å². The summed E-state index contributed by atoms with van der Waals surface area (Å²) in [6.07, 6.45) is 4.65. The minimum atomic E-state index is 0.682. The van der Waals surface area contributed by atoms with Crippen LogP contribution in [-0.4, -0.2) is 40.9 Å². The summed E-state index contributed by atoms with van der Waals surface area (Å²) in [5.41, 5.74) is 2.66. The van der Waals surface area contributed by atoms with E-state index >= 15 is 0 Å². The molecule has 17 heavy (non-hydrogen) atoms. The van der Waals surface area contributed by atoms with Crippen LogP contribution in [0.3, 0.4) is 0 Å². The molecule has 0 unspecified atom stereocenters. The maximum Gasteiger partial charge on any atom is 0.0537 e. The summed E-state index contributed by atoms with van der Waals surface area (Å²) in [4.78, 5) is 2.40. The summed E-state index contributed by atoms with van der Waals surface area (Å²) in [6, 6.07) is 0.682. The van der Waals surface area contributed by atoms with Gasteiger partial charge in [-0.1, -0.05) is 0 Å². The lowest BCUT2D eigenvalue weighted by Crippen LogP contribution is -2.35. The summed E-state index contributed by atoms with van der Waals surface area (Å²) in [7, 11) is 2.20. The van der Waals surface area contributed by atoms with E-state index in [4.69, 9.17) is 0 Å². The van der Waals surface area contributed by atoms with Gasteiger partial charge in [0.1, 0.15) is 0 Å². The van der Waals surface area contributed by atoms with Crippen LogP contribution in [0.15, 0.2) is 6.20 Å². The molecule has 2 heterocycles. The Labute approximate surface area is 104 Å². The van der Waals surface area contributed by atoms with E-state index in [9.17, 15) is 0 Å². The maximum absolute atomic E-state index is 4.39. The first-order valence-electron chi connectivity index (χ1n) is 6.64. The zero-order valence-electron chi connectivity index (χ0n) is 11.2. The SMILES string of the molecule is CCn1ncc(CN(C)C[C@H]2CCCN2)c1C. The first-order valence-corrected chi connectivity index (χ1v) is 6.64. The molecule has 1 aromatic rings. The second-order valence-electron chi connectivity index (χ2n) is 5.06. The van der Waals surface area contributed by atoms with E-state index in [1.807, 2.05) is 6.20 Å². The molecule has 1 atom stereocenters. The van der Waals surface area contributed by atoms with Crippen LogP contribution in [0, 0.1) is 6.92 Å². The van der Waals surface area contributed by atoms with E-state index in [-0.39, 0.29) is 0 Å². The highest BCUT2D eigenvalue weighted by Crippen LogP contribution is 2.12. The van der Waals surface area contributed by atoms with Crippen LogP contribution in [-0.2, 0) is 13.1 Å². The Morgan fingerprint density at radius 3 is 3.00 bits per heavy atom. The second kappa shape index (κ2) is 5.65. The monoisotopic (exact) mass is 236 g/mol. The van der Waals surface area contributed by atoms with E-state index in [2.05, 4.69) is 40.9 Å². The zero-order valence-corrected chi connectivity index (χ0v) is 11.2.